The number of hydrogen-bond acceptors (Lipinski definition) is 3. The molecule has 0 spiro atoms. The molecule has 0 bridgehead atoms. The highest BCUT2D eigenvalue weighted by Gasteiger charge is 2.16. The van der Waals surface area contributed by atoms with Crippen LogP contribution in [0.1, 0.15) is 16.8 Å². The van der Waals surface area contributed by atoms with Gasteiger partial charge in [0.15, 0.2) is 0 Å². The minimum Gasteiger partial charge on any atom is -0.396 e. The molecule has 102 valence electrons. The number of aromatic nitrogens is 1. The van der Waals surface area contributed by atoms with Gasteiger partial charge in [0.05, 0.1) is 18.2 Å². The molecule has 0 fully saturated rings. The number of aromatic amines is 1. The molecule has 0 saturated carbocycles. The van der Waals surface area contributed by atoms with Crippen molar-refractivity contribution >= 4 is 16.8 Å². The molecule has 1 unspecified atom stereocenters. The first kappa shape index (κ1) is 13.6. The molecule has 0 aliphatic rings. The zero-order chi connectivity index (χ0) is 13.7. The molecular weight excluding hydrogens is 244 g/mol. The van der Waals surface area contributed by atoms with Crippen molar-refractivity contribution in [1.29, 1.82) is 0 Å². The number of benzene rings is 1. The molecule has 0 radical (unpaired) electrons. The van der Waals surface area contributed by atoms with E-state index >= 15 is 0 Å². The van der Waals surface area contributed by atoms with Gasteiger partial charge >= 0.3 is 0 Å². The van der Waals surface area contributed by atoms with Crippen molar-refractivity contribution in [2.75, 3.05) is 20.3 Å². The van der Waals surface area contributed by atoms with Crippen LogP contribution in [0.2, 0.25) is 0 Å². The minimum absolute atomic E-state index is 0.0161. The molecule has 0 aliphatic heterocycles. The molecule has 1 heterocycles. The van der Waals surface area contributed by atoms with Crippen LogP contribution in [0, 0.1) is 0 Å². The van der Waals surface area contributed by atoms with E-state index < -0.39 is 0 Å². The Morgan fingerprint density at radius 1 is 1.47 bits per heavy atom. The van der Waals surface area contributed by atoms with Gasteiger partial charge in [-0.1, -0.05) is 18.2 Å². The fourth-order valence-electron chi connectivity index (χ4n) is 2.08. The molecule has 1 aromatic heterocycles. The number of para-hydroxylation sites is 1. The molecule has 0 aliphatic carbocycles. The van der Waals surface area contributed by atoms with Crippen LogP contribution in [0.15, 0.2) is 30.5 Å². The first-order valence-electron chi connectivity index (χ1n) is 6.23. The first-order valence-corrected chi connectivity index (χ1v) is 6.23. The molecule has 1 atom stereocenters. The average molecular weight is 262 g/mol. The maximum Gasteiger partial charge on any atom is 0.253 e. The number of aliphatic hydroxyl groups is 1. The van der Waals surface area contributed by atoms with E-state index in [0.717, 1.165) is 10.9 Å². The van der Waals surface area contributed by atoms with Gasteiger partial charge in [-0.2, -0.15) is 0 Å². The number of hydrogen-bond donors (Lipinski definition) is 3. The molecule has 2 aromatic rings. The van der Waals surface area contributed by atoms with Crippen LogP contribution >= 0.6 is 0 Å². The van der Waals surface area contributed by atoms with Gasteiger partial charge in [-0.15, -0.1) is 0 Å². The van der Waals surface area contributed by atoms with E-state index in [-0.39, 0.29) is 18.6 Å². The molecule has 5 heteroatoms. The van der Waals surface area contributed by atoms with Crippen molar-refractivity contribution < 1.29 is 14.6 Å². The molecule has 1 amide bonds. The molecule has 19 heavy (non-hydrogen) atoms. The summed E-state index contributed by atoms with van der Waals surface area (Å²) in [5.41, 5.74) is 1.53. The maximum absolute atomic E-state index is 12.2. The van der Waals surface area contributed by atoms with Crippen LogP contribution in [0.25, 0.3) is 10.9 Å². The number of H-pyrrole nitrogens is 1. The van der Waals surface area contributed by atoms with E-state index in [0.29, 0.717) is 18.6 Å². The predicted molar refractivity (Wildman–Crippen MR) is 73.1 cm³/mol. The summed E-state index contributed by atoms with van der Waals surface area (Å²) < 4.78 is 5.03. The Kier molecular flexibility index (Phi) is 4.54. The lowest BCUT2D eigenvalue weighted by atomic mass is 10.1. The minimum atomic E-state index is -0.184. The third-order valence-electron chi connectivity index (χ3n) is 3.01. The lowest BCUT2D eigenvalue weighted by Crippen LogP contribution is -2.38. The highest BCUT2D eigenvalue weighted by molar-refractivity contribution is 6.06. The summed E-state index contributed by atoms with van der Waals surface area (Å²) in [6, 6.07) is 7.45. The topological polar surface area (TPSA) is 74.3 Å². The Bertz CT molecular complexity index is 544. The smallest absolute Gasteiger partial charge is 0.253 e. The molecule has 0 saturated heterocycles. The third kappa shape index (κ3) is 3.13. The second kappa shape index (κ2) is 6.36. The van der Waals surface area contributed by atoms with Crippen molar-refractivity contribution in [2.24, 2.45) is 0 Å². The summed E-state index contributed by atoms with van der Waals surface area (Å²) in [7, 11) is 1.57. The number of nitrogens with one attached hydrogen (secondary N) is 2. The standard InChI is InChI=1S/C14H18N2O3/c1-19-9-10(6-7-17)16-14(18)12-8-15-13-5-3-2-4-11(12)13/h2-5,8,10,15,17H,6-7,9H2,1H3,(H,16,18). The van der Waals surface area contributed by atoms with Gasteiger partial charge in [-0.25, -0.2) is 0 Å². The van der Waals surface area contributed by atoms with Gasteiger partial charge in [0.25, 0.3) is 5.91 Å². The number of rotatable bonds is 6. The van der Waals surface area contributed by atoms with Crippen molar-refractivity contribution in [2.45, 2.75) is 12.5 Å². The number of carbonyl (C=O) groups is 1. The van der Waals surface area contributed by atoms with E-state index in [2.05, 4.69) is 10.3 Å². The van der Waals surface area contributed by atoms with Crippen LogP contribution in [0.3, 0.4) is 0 Å². The predicted octanol–water partition coefficient (Wildman–Crippen LogP) is 1.30. The Labute approximate surface area is 111 Å². The summed E-state index contributed by atoms with van der Waals surface area (Å²) in [6.45, 7) is 0.400. The average Bonchev–Trinajstić information content (AvgIpc) is 2.83. The van der Waals surface area contributed by atoms with Gasteiger partial charge in [-0.3, -0.25) is 4.79 Å². The van der Waals surface area contributed by atoms with Crippen molar-refractivity contribution in [3.05, 3.63) is 36.0 Å². The summed E-state index contributed by atoms with van der Waals surface area (Å²) in [5, 5.41) is 12.7. The molecular formula is C14H18N2O3. The fraction of sp³-hybridized carbons (Fsp3) is 0.357. The van der Waals surface area contributed by atoms with Gasteiger partial charge < -0.3 is 20.1 Å². The number of ether oxygens (including phenoxy) is 1. The van der Waals surface area contributed by atoms with E-state index in [1.54, 1.807) is 13.3 Å². The van der Waals surface area contributed by atoms with E-state index in [9.17, 15) is 4.79 Å². The second-order valence-corrected chi connectivity index (χ2v) is 4.39. The number of carbonyl (C=O) groups excluding carboxylic acids is 1. The maximum atomic E-state index is 12.2. The lowest BCUT2D eigenvalue weighted by molar-refractivity contribution is 0.0880. The number of fused-ring (bicyclic) bond motifs is 1. The SMILES string of the molecule is COCC(CCO)NC(=O)c1c[nH]c2ccccc12. The second-order valence-electron chi connectivity index (χ2n) is 4.39. The number of aliphatic hydroxyl groups excluding tert-OH is 1. The summed E-state index contributed by atoms with van der Waals surface area (Å²) in [6.07, 6.45) is 2.17. The van der Waals surface area contributed by atoms with Gasteiger partial charge in [-0.05, 0) is 12.5 Å². The highest BCUT2D eigenvalue weighted by atomic mass is 16.5. The Morgan fingerprint density at radius 3 is 3.00 bits per heavy atom. The number of methoxy groups -OCH3 is 1. The van der Waals surface area contributed by atoms with Gasteiger partial charge in [0.1, 0.15) is 0 Å². The van der Waals surface area contributed by atoms with Gasteiger partial charge in [0.2, 0.25) is 0 Å². The monoisotopic (exact) mass is 262 g/mol. The lowest BCUT2D eigenvalue weighted by Gasteiger charge is -2.16. The summed E-state index contributed by atoms with van der Waals surface area (Å²) in [4.78, 5) is 15.3. The van der Waals surface area contributed by atoms with Crippen molar-refractivity contribution in [1.82, 2.24) is 10.3 Å². The highest BCUT2D eigenvalue weighted by Crippen LogP contribution is 2.17. The Morgan fingerprint density at radius 2 is 2.26 bits per heavy atom. The summed E-state index contributed by atoms with van der Waals surface area (Å²) >= 11 is 0. The van der Waals surface area contributed by atoms with Crippen LogP contribution in [-0.4, -0.2) is 42.4 Å². The first-order chi connectivity index (χ1) is 9.26. The van der Waals surface area contributed by atoms with Crippen LogP contribution < -0.4 is 5.32 Å². The number of amides is 1. The summed E-state index contributed by atoms with van der Waals surface area (Å²) in [5.74, 6) is -0.159. The normalized spacial score (nSPS) is 12.5. The Hall–Kier alpha value is -1.85. The zero-order valence-corrected chi connectivity index (χ0v) is 10.8. The van der Waals surface area contributed by atoms with Crippen molar-refractivity contribution in [3.63, 3.8) is 0 Å². The fourth-order valence-corrected chi connectivity index (χ4v) is 2.08. The van der Waals surface area contributed by atoms with Gasteiger partial charge in [0, 0.05) is 30.8 Å². The largest absolute Gasteiger partial charge is 0.396 e. The van der Waals surface area contributed by atoms with Crippen LogP contribution in [-0.2, 0) is 4.74 Å². The molecule has 3 N–H and O–H groups in total. The molecule has 2 rings (SSSR count). The van der Waals surface area contributed by atoms with E-state index in [1.165, 1.54) is 0 Å². The van der Waals surface area contributed by atoms with Crippen LogP contribution in [0.4, 0.5) is 0 Å². The third-order valence-corrected chi connectivity index (χ3v) is 3.01. The van der Waals surface area contributed by atoms with E-state index in [4.69, 9.17) is 9.84 Å². The van der Waals surface area contributed by atoms with E-state index in [1.807, 2.05) is 24.3 Å². The zero-order valence-electron chi connectivity index (χ0n) is 10.8. The molecule has 5 nitrogen and oxygen atoms in total. The molecule has 1 aromatic carbocycles. The van der Waals surface area contributed by atoms with Crippen molar-refractivity contribution in [3.8, 4) is 0 Å². The van der Waals surface area contributed by atoms with Crippen LogP contribution in [0.5, 0.6) is 0 Å². The Balaban J connectivity index is 2.14. The quantitative estimate of drug-likeness (QED) is 0.734.